The van der Waals surface area contributed by atoms with Crippen molar-refractivity contribution in [2.24, 2.45) is 5.92 Å². The lowest BCUT2D eigenvalue weighted by Gasteiger charge is -2.19. The van der Waals surface area contributed by atoms with Gasteiger partial charge >= 0.3 is 0 Å². The first-order valence-electron chi connectivity index (χ1n) is 7.45. The van der Waals surface area contributed by atoms with Crippen molar-refractivity contribution in [1.29, 1.82) is 0 Å². The minimum Gasteiger partial charge on any atom is -0.207 e. The molecule has 1 rings (SSSR count). The fourth-order valence-corrected chi connectivity index (χ4v) is 2.28. The predicted molar refractivity (Wildman–Crippen MR) is 86.3 cm³/mol. The molecule has 1 aromatic carbocycles. The molecular formula is C19H27F. The van der Waals surface area contributed by atoms with E-state index in [4.69, 9.17) is 0 Å². The maximum Gasteiger partial charge on any atom is 0.123 e. The molecule has 0 amide bonds. The van der Waals surface area contributed by atoms with Crippen molar-refractivity contribution in [1.82, 2.24) is 0 Å². The van der Waals surface area contributed by atoms with Crippen LogP contribution >= 0.6 is 0 Å². The number of allylic oxidation sites excluding steroid dienone is 4. The molecule has 0 saturated heterocycles. The predicted octanol–water partition coefficient (Wildman–Crippen LogP) is 6.09. The Morgan fingerprint density at radius 3 is 2.05 bits per heavy atom. The Morgan fingerprint density at radius 1 is 1.05 bits per heavy atom. The van der Waals surface area contributed by atoms with E-state index in [9.17, 15) is 4.39 Å². The van der Waals surface area contributed by atoms with Crippen molar-refractivity contribution in [3.05, 3.63) is 57.9 Å². The molecule has 1 atom stereocenters. The maximum atomic E-state index is 13.0. The average molecular weight is 274 g/mol. The van der Waals surface area contributed by atoms with Gasteiger partial charge in [0.05, 0.1) is 0 Å². The standard InChI is InChI=1S/C19H27F/c1-7-14(4)16(6)19(15(5)13(2)3)12-17-8-10-18(20)11-9-17/h8-11,14H,7,12H2,1-6H3/b19-16-. The highest BCUT2D eigenvalue weighted by molar-refractivity contribution is 5.40. The van der Waals surface area contributed by atoms with Crippen molar-refractivity contribution in [3.8, 4) is 0 Å². The molecule has 0 radical (unpaired) electrons. The second kappa shape index (κ2) is 7.42. The molecule has 20 heavy (non-hydrogen) atoms. The lowest BCUT2D eigenvalue weighted by atomic mass is 9.86. The zero-order valence-corrected chi connectivity index (χ0v) is 13.7. The lowest BCUT2D eigenvalue weighted by Crippen LogP contribution is -2.04. The molecule has 0 fully saturated rings. The SMILES string of the molecule is CCC(C)/C(C)=C(/Cc1ccc(F)cc1)C(C)=C(C)C. The molecule has 0 spiro atoms. The first-order valence-corrected chi connectivity index (χ1v) is 7.45. The van der Waals surface area contributed by atoms with Gasteiger partial charge in [0.2, 0.25) is 0 Å². The van der Waals surface area contributed by atoms with Crippen LogP contribution in [0.3, 0.4) is 0 Å². The van der Waals surface area contributed by atoms with E-state index in [1.165, 1.54) is 27.9 Å². The molecule has 0 nitrogen and oxygen atoms in total. The van der Waals surface area contributed by atoms with E-state index >= 15 is 0 Å². The number of benzene rings is 1. The highest BCUT2D eigenvalue weighted by atomic mass is 19.1. The van der Waals surface area contributed by atoms with Crippen LogP contribution in [0.4, 0.5) is 4.39 Å². The molecule has 0 aromatic heterocycles. The van der Waals surface area contributed by atoms with Gasteiger partial charge < -0.3 is 0 Å². The number of hydrogen-bond acceptors (Lipinski definition) is 0. The highest BCUT2D eigenvalue weighted by Crippen LogP contribution is 2.27. The van der Waals surface area contributed by atoms with E-state index in [0.29, 0.717) is 5.92 Å². The molecule has 0 heterocycles. The van der Waals surface area contributed by atoms with Crippen LogP contribution in [0.2, 0.25) is 0 Å². The van der Waals surface area contributed by atoms with Crippen LogP contribution in [0, 0.1) is 11.7 Å². The summed E-state index contributed by atoms with van der Waals surface area (Å²) in [5.41, 5.74) is 6.75. The number of rotatable bonds is 5. The first kappa shape index (κ1) is 16.7. The average Bonchev–Trinajstić information content (AvgIpc) is 2.44. The van der Waals surface area contributed by atoms with E-state index in [-0.39, 0.29) is 5.82 Å². The molecule has 0 aliphatic heterocycles. The molecule has 0 bridgehead atoms. The largest absolute Gasteiger partial charge is 0.207 e. The summed E-state index contributed by atoms with van der Waals surface area (Å²) < 4.78 is 13.0. The summed E-state index contributed by atoms with van der Waals surface area (Å²) in [7, 11) is 0. The monoisotopic (exact) mass is 274 g/mol. The molecule has 1 unspecified atom stereocenters. The van der Waals surface area contributed by atoms with Crippen molar-refractivity contribution in [3.63, 3.8) is 0 Å². The highest BCUT2D eigenvalue weighted by Gasteiger charge is 2.12. The third kappa shape index (κ3) is 4.33. The van der Waals surface area contributed by atoms with Gasteiger partial charge in [-0.1, -0.05) is 37.1 Å². The van der Waals surface area contributed by atoms with Crippen LogP contribution in [0.1, 0.15) is 53.5 Å². The minimum absolute atomic E-state index is 0.170. The Hall–Kier alpha value is -1.37. The zero-order chi connectivity index (χ0) is 15.3. The van der Waals surface area contributed by atoms with Crippen molar-refractivity contribution in [2.75, 3.05) is 0 Å². The van der Waals surface area contributed by atoms with Crippen LogP contribution in [-0.2, 0) is 6.42 Å². The molecule has 110 valence electrons. The van der Waals surface area contributed by atoms with Crippen LogP contribution < -0.4 is 0 Å². The second-order valence-electron chi connectivity index (χ2n) is 5.90. The van der Waals surface area contributed by atoms with Gasteiger partial charge in [-0.2, -0.15) is 0 Å². The van der Waals surface area contributed by atoms with E-state index in [0.717, 1.165) is 12.8 Å². The van der Waals surface area contributed by atoms with Crippen LogP contribution in [-0.4, -0.2) is 0 Å². The van der Waals surface area contributed by atoms with Gasteiger partial charge in [0.25, 0.3) is 0 Å². The molecule has 0 N–H and O–H groups in total. The van der Waals surface area contributed by atoms with Gasteiger partial charge in [-0.05, 0) is 75.3 Å². The van der Waals surface area contributed by atoms with Crippen molar-refractivity contribution >= 4 is 0 Å². The number of hydrogen-bond donors (Lipinski definition) is 0. The van der Waals surface area contributed by atoms with Gasteiger partial charge in [0, 0.05) is 0 Å². The summed E-state index contributed by atoms with van der Waals surface area (Å²) in [5, 5.41) is 0. The van der Waals surface area contributed by atoms with Crippen LogP contribution in [0.25, 0.3) is 0 Å². The quantitative estimate of drug-likeness (QED) is 0.570. The van der Waals surface area contributed by atoms with Gasteiger partial charge in [0.1, 0.15) is 5.82 Å². The number of halogens is 1. The normalized spacial score (nSPS) is 13.8. The Kier molecular flexibility index (Phi) is 6.19. The molecule has 1 heteroatoms. The molecular weight excluding hydrogens is 247 g/mol. The summed E-state index contributed by atoms with van der Waals surface area (Å²) in [6.07, 6.45) is 2.03. The van der Waals surface area contributed by atoms with E-state index in [2.05, 4.69) is 41.5 Å². The molecule has 1 aromatic rings. The smallest absolute Gasteiger partial charge is 0.123 e. The zero-order valence-electron chi connectivity index (χ0n) is 13.7. The third-order valence-electron chi connectivity index (χ3n) is 4.32. The maximum absolute atomic E-state index is 13.0. The van der Waals surface area contributed by atoms with Gasteiger partial charge in [-0.25, -0.2) is 4.39 Å². The second-order valence-corrected chi connectivity index (χ2v) is 5.90. The summed E-state index contributed by atoms with van der Waals surface area (Å²) in [4.78, 5) is 0. The fraction of sp³-hybridized carbons (Fsp3) is 0.474. The van der Waals surface area contributed by atoms with E-state index < -0.39 is 0 Å². The van der Waals surface area contributed by atoms with Gasteiger partial charge in [0.15, 0.2) is 0 Å². The van der Waals surface area contributed by atoms with Gasteiger partial charge in [-0.3, -0.25) is 0 Å². The summed E-state index contributed by atoms with van der Waals surface area (Å²) in [6.45, 7) is 13.2. The Balaban J connectivity index is 3.19. The Labute approximate surface area is 123 Å². The van der Waals surface area contributed by atoms with E-state index in [1.54, 1.807) is 12.1 Å². The summed E-state index contributed by atoms with van der Waals surface area (Å²) in [5.74, 6) is 0.414. The Morgan fingerprint density at radius 2 is 1.60 bits per heavy atom. The molecule has 0 aliphatic rings. The summed E-state index contributed by atoms with van der Waals surface area (Å²) in [6, 6.07) is 6.86. The summed E-state index contributed by atoms with van der Waals surface area (Å²) >= 11 is 0. The van der Waals surface area contributed by atoms with Crippen molar-refractivity contribution < 1.29 is 4.39 Å². The van der Waals surface area contributed by atoms with Crippen LogP contribution in [0.15, 0.2) is 46.6 Å². The van der Waals surface area contributed by atoms with Gasteiger partial charge in [-0.15, -0.1) is 0 Å². The third-order valence-corrected chi connectivity index (χ3v) is 4.32. The lowest BCUT2D eigenvalue weighted by molar-refractivity contribution is 0.627. The first-order chi connectivity index (χ1) is 9.36. The molecule has 0 saturated carbocycles. The van der Waals surface area contributed by atoms with Crippen molar-refractivity contribution in [2.45, 2.75) is 54.4 Å². The topological polar surface area (TPSA) is 0 Å². The van der Waals surface area contributed by atoms with Crippen LogP contribution in [0.5, 0.6) is 0 Å². The molecule has 0 aliphatic carbocycles. The Bertz CT molecular complexity index is 499. The minimum atomic E-state index is -0.170. The van der Waals surface area contributed by atoms with E-state index in [1.807, 2.05) is 12.1 Å². The fourth-order valence-electron chi connectivity index (χ4n) is 2.28.